The zero-order chi connectivity index (χ0) is 12.9. The Morgan fingerprint density at radius 3 is 2.12 bits per heavy atom. The zero-order valence-corrected chi connectivity index (χ0v) is 8.57. The number of hydrazine groups is 1. The van der Waals surface area contributed by atoms with Gasteiger partial charge in [-0.1, -0.05) is 0 Å². The second-order valence-electron chi connectivity index (χ2n) is 2.58. The van der Waals surface area contributed by atoms with E-state index < -0.39 is 48.5 Å². The van der Waals surface area contributed by atoms with Crippen LogP contribution in [0.3, 0.4) is 0 Å². The molecule has 0 spiro atoms. The van der Waals surface area contributed by atoms with Crippen molar-refractivity contribution in [3.05, 3.63) is 10.1 Å². The van der Waals surface area contributed by atoms with Crippen LogP contribution in [-0.4, -0.2) is 38.0 Å². The second-order valence-corrected chi connectivity index (χ2v) is 3.47. The number of hydrogen-bond acceptors (Lipinski definition) is 6. The largest absolute Gasteiger partial charge is 0.481 e. The minimum atomic E-state index is -3.75. The third kappa shape index (κ3) is 4.05. The number of carboxylic acids is 2. The van der Waals surface area contributed by atoms with Crippen molar-refractivity contribution in [3.63, 3.8) is 0 Å². The lowest BCUT2D eigenvalue weighted by Crippen LogP contribution is -2.39. The normalized spacial score (nSPS) is 11.5. The summed E-state index contributed by atoms with van der Waals surface area (Å²) in [5.74, 6) is -3.16. The molecule has 0 aromatic carbocycles. The molecule has 0 saturated heterocycles. The van der Waals surface area contributed by atoms with Crippen LogP contribution in [0.4, 0.5) is 0 Å². The Labute approximate surface area is 88.5 Å². The highest BCUT2D eigenvalue weighted by Gasteiger charge is 2.37. The van der Waals surface area contributed by atoms with E-state index in [0.29, 0.717) is 0 Å². The predicted molar refractivity (Wildman–Crippen MR) is 45.4 cm³/mol. The lowest BCUT2D eigenvalue weighted by atomic mass is 10.2. The zero-order valence-electron chi connectivity index (χ0n) is 7.68. The van der Waals surface area contributed by atoms with E-state index in [9.17, 15) is 28.8 Å². The standard InChI is InChI=1S/C5H7N2O8P/c8-4(9)2-1-3(5(10)11)6(7(12)13)16(14)15/h3H,1-2H2,(H,8,9)(H,10,11)/t3-/m0/s1. The lowest BCUT2D eigenvalue weighted by molar-refractivity contribution is -0.626. The van der Waals surface area contributed by atoms with Crippen LogP contribution in [0, 0.1) is 10.1 Å². The van der Waals surface area contributed by atoms with E-state index >= 15 is 0 Å². The number of aliphatic carboxylic acids is 2. The first-order valence-corrected chi connectivity index (χ1v) is 4.92. The smallest absolute Gasteiger partial charge is 0.481 e. The molecule has 16 heavy (non-hydrogen) atoms. The first kappa shape index (κ1) is 14.0. The third-order valence-corrected chi connectivity index (χ3v) is 2.29. The summed E-state index contributed by atoms with van der Waals surface area (Å²) in [6.07, 6.45) is -1.38. The van der Waals surface area contributed by atoms with Gasteiger partial charge in [0.1, 0.15) is 0 Å². The molecule has 0 heterocycles. The van der Waals surface area contributed by atoms with Crippen LogP contribution in [0.1, 0.15) is 12.8 Å². The van der Waals surface area contributed by atoms with Gasteiger partial charge in [-0.15, -0.1) is 0 Å². The molecule has 0 unspecified atom stereocenters. The predicted octanol–water partition coefficient (Wildman–Crippen LogP) is -0.114. The van der Waals surface area contributed by atoms with E-state index in [1.165, 1.54) is 0 Å². The molecule has 2 N–H and O–H groups in total. The van der Waals surface area contributed by atoms with Gasteiger partial charge in [-0.25, -0.2) is 24.0 Å². The summed E-state index contributed by atoms with van der Waals surface area (Å²) in [7, 11) is -3.75. The quantitative estimate of drug-likeness (QED) is 0.359. The summed E-state index contributed by atoms with van der Waals surface area (Å²) in [6.45, 7) is 0. The van der Waals surface area contributed by atoms with Crippen LogP contribution in [-0.2, 0) is 18.7 Å². The number of hydrogen-bond donors (Lipinski definition) is 2. The average Bonchev–Trinajstić information content (AvgIpc) is 2.09. The number of nitrogens with zero attached hydrogens (tertiary/aromatic N) is 2. The molecule has 10 nitrogen and oxygen atoms in total. The van der Waals surface area contributed by atoms with Gasteiger partial charge in [-0.05, 0) is 6.42 Å². The van der Waals surface area contributed by atoms with Crippen LogP contribution in [0.25, 0.3) is 0 Å². The minimum absolute atomic E-state index is 0.499. The summed E-state index contributed by atoms with van der Waals surface area (Å²) in [4.78, 5) is 31.0. The summed E-state index contributed by atoms with van der Waals surface area (Å²) in [5, 5.41) is 25.7. The van der Waals surface area contributed by atoms with Gasteiger partial charge in [0.2, 0.25) is 6.04 Å². The fraction of sp³-hybridized carbons (Fsp3) is 0.600. The van der Waals surface area contributed by atoms with Crippen molar-refractivity contribution < 1.29 is 34.0 Å². The van der Waals surface area contributed by atoms with Gasteiger partial charge in [0.15, 0.2) is 5.03 Å². The third-order valence-electron chi connectivity index (χ3n) is 1.53. The molecule has 0 radical (unpaired) electrons. The van der Waals surface area contributed by atoms with Gasteiger partial charge in [0, 0.05) is 11.2 Å². The number of rotatable bonds is 7. The molecule has 0 aliphatic heterocycles. The average molecular weight is 254 g/mol. The van der Waals surface area contributed by atoms with Crippen molar-refractivity contribution in [1.29, 1.82) is 0 Å². The van der Waals surface area contributed by atoms with Crippen molar-refractivity contribution in [3.8, 4) is 0 Å². The molecule has 0 fully saturated rings. The van der Waals surface area contributed by atoms with E-state index in [0.717, 1.165) is 0 Å². The Kier molecular flexibility index (Phi) is 5.10. The van der Waals surface area contributed by atoms with Crippen LogP contribution < -0.4 is 0 Å². The highest BCUT2D eigenvalue weighted by Crippen LogP contribution is 2.21. The summed E-state index contributed by atoms with van der Waals surface area (Å²) >= 11 is 0. The SMILES string of the molecule is O=C(O)CC[C@@H](C(=O)O)N([N+](=O)[O-])P(=O)=O. The van der Waals surface area contributed by atoms with Crippen LogP contribution in [0.5, 0.6) is 0 Å². The fourth-order valence-electron chi connectivity index (χ4n) is 0.885. The van der Waals surface area contributed by atoms with Crippen LogP contribution in [0.2, 0.25) is 0 Å². The molecule has 90 valence electrons. The van der Waals surface area contributed by atoms with Gasteiger partial charge in [0.25, 0.3) is 0 Å². The fourth-order valence-corrected chi connectivity index (χ4v) is 1.45. The molecule has 0 aliphatic carbocycles. The molecule has 0 bridgehead atoms. The lowest BCUT2D eigenvalue weighted by Gasteiger charge is -2.12. The Bertz CT molecular complexity index is 369. The Morgan fingerprint density at radius 1 is 1.38 bits per heavy atom. The van der Waals surface area contributed by atoms with E-state index in [1.807, 2.05) is 0 Å². The van der Waals surface area contributed by atoms with Crippen LogP contribution in [0.15, 0.2) is 0 Å². The molecule has 0 amide bonds. The summed E-state index contributed by atoms with van der Waals surface area (Å²) in [6, 6.07) is -2.02. The van der Waals surface area contributed by atoms with Crippen molar-refractivity contribution in [1.82, 2.24) is 4.78 Å². The van der Waals surface area contributed by atoms with Gasteiger partial charge in [-0.3, -0.25) is 4.79 Å². The number of carbonyl (C=O) groups is 2. The first-order valence-electron chi connectivity index (χ1n) is 3.79. The molecule has 0 aromatic heterocycles. The minimum Gasteiger partial charge on any atom is -0.481 e. The molecule has 0 saturated carbocycles. The maximum Gasteiger partial charge on any atom is 0.481 e. The van der Waals surface area contributed by atoms with E-state index in [4.69, 9.17) is 10.2 Å². The summed E-state index contributed by atoms with van der Waals surface area (Å²) in [5.41, 5.74) is 0. The molecule has 0 aliphatic rings. The molecule has 0 rings (SSSR count). The summed E-state index contributed by atoms with van der Waals surface area (Å²) < 4.78 is 20.4. The monoisotopic (exact) mass is 254 g/mol. The number of carboxylic acid groups (broad SMARTS) is 2. The molecular formula is C5H7N2O8P. The Morgan fingerprint density at radius 2 is 1.88 bits per heavy atom. The van der Waals surface area contributed by atoms with Crippen molar-refractivity contribution >= 4 is 19.8 Å². The van der Waals surface area contributed by atoms with E-state index in [-0.39, 0.29) is 0 Å². The highest BCUT2D eigenvalue weighted by molar-refractivity contribution is 7.27. The van der Waals surface area contributed by atoms with Crippen molar-refractivity contribution in [2.45, 2.75) is 18.9 Å². The molecule has 1 atom stereocenters. The van der Waals surface area contributed by atoms with Crippen LogP contribution >= 0.6 is 7.83 Å². The second kappa shape index (κ2) is 5.81. The van der Waals surface area contributed by atoms with Gasteiger partial charge in [-0.2, -0.15) is 0 Å². The van der Waals surface area contributed by atoms with Gasteiger partial charge in [0.05, 0.1) is 0 Å². The molecular weight excluding hydrogens is 247 g/mol. The van der Waals surface area contributed by atoms with Gasteiger partial charge < -0.3 is 10.2 Å². The maximum absolute atomic E-state index is 10.6. The van der Waals surface area contributed by atoms with Crippen molar-refractivity contribution in [2.24, 2.45) is 0 Å². The Balaban J connectivity index is 4.93. The van der Waals surface area contributed by atoms with E-state index in [2.05, 4.69) is 0 Å². The Hall–Kier alpha value is -1.96. The van der Waals surface area contributed by atoms with Gasteiger partial charge >= 0.3 is 19.8 Å². The highest BCUT2D eigenvalue weighted by atomic mass is 31.1. The molecule has 11 heteroatoms. The maximum atomic E-state index is 10.6. The molecule has 0 aromatic rings. The van der Waals surface area contributed by atoms with E-state index in [1.54, 1.807) is 0 Å². The topological polar surface area (TPSA) is 155 Å². The first-order chi connectivity index (χ1) is 7.27. The number of nitro groups is 1. The van der Waals surface area contributed by atoms with Crippen molar-refractivity contribution in [2.75, 3.05) is 0 Å².